The van der Waals surface area contributed by atoms with E-state index in [-0.39, 0.29) is 29.2 Å². The molecule has 0 heterocycles. The molecule has 2 unspecified atom stereocenters. The Balaban J connectivity index is 2.14. The van der Waals surface area contributed by atoms with Crippen LogP contribution in [-0.2, 0) is 4.79 Å². The first-order valence-corrected chi connectivity index (χ1v) is 6.90. The fraction of sp³-hybridized carbons (Fsp3) is 0.500. The Bertz CT molecular complexity index is 547. The number of carbonyl (C=O) groups excluding carboxylic acids is 1. The van der Waals surface area contributed by atoms with E-state index in [1.54, 1.807) is 6.07 Å². The summed E-state index contributed by atoms with van der Waals surface area (Å²) < 4.78 is 4.96. The number of nitrogens with one attached hydrogen (secondary N) is 1. The van der Waals surface area contributed by atoms with Gasteiger partial charge >= 0.3 is 0 Å². The lowest BCUT2D eigenvalue weighted by Crippen LogP contribution is -2.34. The molecule has 0 aromatic heterocycles. The van der Waals surface area contributed by atoms with Gasteiger partial charge in [0.05, 0.1) is 18.1 Å². The molecule has 21 heavy (non-hydrogen) atoms. The molecule has 0 bridgehead atoms. The van der Waals surface area contributed by atoms with Crippen LogP contribution in [0.4, 0.5) is 11.4 Å². The van der Waals surface area contributed by atoms with Crippen LogP contribution in [0.3, 0.4) is 0 Å². The van der Waals surface area contributed by atoms with E-state index >= 15 is 0 Å². The minimum Gasteiger partial charge on any atom is -0.496 e. The summed E-state index contributed by atoms with van der Waals surface area (Å²) in [4.78, 5) is 22.8. The monoisotopic (exact) mass is 293 g/mol. The number of rotatable bonds is 4. The largest absolute Gasteiger partial charge is 0.496 e. The molecular weight excluding hydrogens is 274 g/mol. The quantitative estimate of drug-likeness (QED) is 0.652. The van der Waals surface area contributed by atoms with E-state index in [2.05, 4.69) is 5.32 Å². The van der Waals surface area contributed by atoms with Crippen molar-refractivity contribution in [1.82, 2.24) is 0 Å². The molecule has 114 valence electrons. The Kier molecular flexibility index (Phi) is 4.74. The van der Waals surface area contributed by atoms with Gasteiger partial charge in [-0.2, -0.15) is 0 Å². The van der Waals surface area contributed by atoms with E-state index in [4.69, 9.17) is 10.5 Å². The lowest BCUT2D eigenvalue weighted by molar-refractivity contribution is -0.384. The van der Waals surface area contributed by atoms with Gasteiger partial charge < -0.3 is 15.8 Å². The van der Waals surface area contributed by atoms with Gasteiger partial charge in [-0.05, 0) is 31.4 Å². The van der Waals surface area contributed by atoms with E-state index in [9.17, 15) is 14.9 Å². The topological polar surface area (TPSA) is 107 Å². The summed E-state index contributed by atoms with van der Waals surface area (Å²) in [5, 5.41) is 13.7. The number of carbonyl (C=O) groups is 1. The second kappa shape index (κ2) is 6.53. The number of nitro groups is 1. The summed E-state index contributed by atoms with van der Waals surface area (Å²) in [7, 11) is 1.43. The maximum Gasteiger partial charge on any atom is 0.296 e. The molecule has 1 fully saturated rings. The first-order chi connectivity index (χ1) is 10.0. The van der Waals surface area contributed by atoms with E-state index in [0.717, 1.165) is 19.3 Å². The summed E-state index contributed by atoms with van der Waals surface area (Å²) in [6.45, 7) is 0. The highest BCUT2D eigenvalue weighted by molar-refractivity contribution is 5.94. The fourth-order valence-corrected chi connectivity index (χ4v) is 2.60. The van der Waals surface area contributed by atoms with Gasteiger partial charge in [-0.25, -0.2) is 0 Å². The van der Waals surface area contributed by atoms with Gasteiger partial charge in [0.25, 0.3) is 5.69 Å². The van der Waals surface area contributed by atoms with Gasteiger partial charge in [0.2, 0.25) is 5.91 Å². The lowest BCUT2D eigenvalue weighted by Gasteiger charge is -2.25. The van der Waals surface area contributed by atoms with Crippen molar-refractivity contribution in [2.24, 2.45) is 11.7 Å². The number of ether oxygens (including phenoxy) is 1. The van der Waals surface area contributed by atoms with Crippen LogP contribution in [0.25, 0.3) is 0 Å². The van der Waals surface area contributed by atoms with Crippen molar-refractivity contribution in [3.63, 3.8) is 0 Å². The summed E-state index contributed by atoms with van der Waals surface area (Å²) in [5.74, 6) is -0.0201. The molecule has 0 aliphatic heterocycles. The smallest absolute Gasteiger partial charge is 0.296 e. The summed E-state index contributed by atoms with van der Waals surface area (Å²) in [5.41, 5.74) is 5.87. The van der Waals surface area contributed by atoms with E-state index in [0.29, 0.717) is 12.2 Å². The number of nitro benzene ring substituents is 1. The molecule has 7 heteroatoms. The molecule has 2 atom stereocenters. The van der Waals surface area contributed by atoms with E-state index in [1.165, 1.54) is 19.2 Å². The standard InChI is InChI=1S/C14H19N3O4/c1-21-11-5-6-12(13(8-11)17(19)20)16-14(18)9-3-2-4-10(15)7-9/h5-6,8-10H,2-4,7,15H2,1H3,(H,16,18). The van der Waals surface area contributed by atoms with Crippen LogP contribution in [0.5, 0.6) is 5.75 Å². The molecule has 1 saturated carbocycles. The highest BCUT2D eigenvalue weighted by Gasteiger charge is 2.27. The molecule has 0 saturated heterocycles. The van der Waals surface area contributed by atoms with Crippen LogP contribution in [0.2, 0.25) is 0 Å². The van der Waals surface area contributed by atoms with Crippen LogP contribution in [0.15, 0.2) is 18.2 Å². The zero-order valence-corrected chi connectivity index (χ0v) is 11.9. The zero-order valence-electron chi connectivity index (χ0n) is 11.9. The first kappa shape index (κ1) is 15.2. The van der Waals surface area contributed by atoms with Crippen molar-refractivity contribution in [3.8, 4) is 5.75 Å². The van der Waals surface area contributed by atoms with Crippen LogP contribution >= 0.6 is 0 Å². The van der Waals surface area contributed by atoms with Crippen LogP contribution in [0, 0.1) is 16.0 Å². The van der Waals surface area contributed by atoms with E-state index in [1.807, 2.05) is 0 Å². The van der Waals surface area contributed by atoms with Crippen LogP contribution < -0.4 is 15.8 Å². The predicted molar refractivity (Wildman–Crippen MR) is 78.2 cm³/mol. The predicted octanol–water partition coefficient (Wildman–Crippen LogP) is 2.06. The number of anilines is 1. The summed E-state index contributed by atoms with van der Waals surface area (Å²) in [6.07, 6.45) is 3.22. The molecule has 1 aliphatic rings. The maximum absolute atomic E-state index is 12.2. The third kappa shape index (κ3) is 3.69. The fourth-order valence-electron chi connectivity index (χ4n) is 2.60. The first-order valence-electron chi connectivity index (χ1n) is 6.90. The minimum atomic E-state index is -0.537. The number of nitrogens with zero attached hydrogens (tertiary/aromatic N) is 1. The highest BCUT2D eigenvalue weighted by Crippen LogP contribution is 2.31. The van der Waals surface area contributed by atoms with Gasteiger partial charge in [-0.3, -0.25) is 14.9 Å². The number of amides is 1. The molecule has 1 aliphatic carbocycles. The number of benzene rings is 1. The van der Waals surface area contributed by atoms with Crippen molar-refractivity contribution in [3.05, 3.63) is 28.3 Å². The number of hydrogen-bond donors (Lipinski definition) is 2. The molecule has 3 N–H and O–H groups in total. The third-order valence-corrected chi connectivity index (χ3v) is 3.75. The van der Waals surface area contributed by atoms with Gasteiger partial charge in [-0.1, -0.05) is 6.42 Å². The number of hydrogen-bond acceptors (Lipinski definition) is 5. The minimum absolute atomic E-state index is 0.0281. The highest BCUT2D eigenvalue weighted by atomic mass is 16.6. The van der Waals surface area contributed by atoms with Crippen molar-refractivity contribution in [1.29, 1.82) is 0 Å². The van der Waals surface area contributed by atoms with Crippen molar-refractivity contribution in [2.75, 3.05) is 12.4 Å². The molecule has 0 radical (unpaired) electrons. The average molecular weight is 293 g/mol. The van der Waals surface area contributed by atoms with Crippen LogP contribution in [-0.4, -0.2) is 24.0 Å². The van der Waals surface area contributed by atoms with Gasteiger partial charge in [0, 0.05) is 12.0 Å². The molecule has 0 spiro atoms. The zero-order chi connectivity index (χ0) is 15.4. The number of nitrogens with two attached hydrogens (primary N) is 1. The van der Waals surface area contributed by atoms with Gasteiger partial charge in [0.15, 0.2) is 0 Å². The summed E-state index contributed by atoms with van der Waals surface area (Å²) in [6, 6.07) is 4.38. The van der Waals surface area contributed by atoms with Crippen molar-refractivity contribution >= 4 is 17.3 Å². The third-order valence-electron chi connectivity index (χ3n) is 3.75. The molecular formula is C14H19N3O4. The maximum atomic E-state index is 12.2. The molecule has 7 nitrogen and oxygen atoms in total. The second-order valence-corrected chi connectivity index (χ2v) is 5.25. The Hall–Kier alpha value is -2.15. The van der Waals surface area contributed by atoms with Gasteiger partial charge in [-0.15, -0.1) is 0 Å². The second-order valence-electron chi connectivity index (χ2n) is 5.25. The Morgan fingerprint density at radius 1 is 1.48 bits per heavy atom. The molecule has 2 rings (SSSR count). The number of methoxy groups -OCH3 is 1. The van der Waals surface area contributed by atoms with Crippen molar-refractivity contribution in [2.45, 2.75) is 31.7 Å². The lowest BCUT2D eigenvalue weighted by atomic mass is 9.85. The normalized spacial score (nSPS) is 21.6. The Morgan fingerprint density at radius 2 is 2.24 bits per heavy atom. The van der Waals surface area contributed by atoms with Crippen molar-refractivity contribution < 1.29 is 14.5 Å². The molecule has 1 aromatic carbocycles. The molecule has 1 aromatic rings. The Morgan fingerprint density at radius 3 is 2.86 bits per heavy atom. The summed E-state index contributed by atoms with van der Waals surface area (Å²) >= 11 is 0. The van der Waals surface area contributed by atoms with E-state index < -0.39 is 4.92 Å². The average Bonchev–Trinajstić information content (AvgIpc) is 2.47. The van der Waals surface area contributed by atoms with Crippen LogP contribution in [0.1, 0.15) is 25.7 Å². The Labute approximate surface area is 122 Å². The molecule has 1 amide bonds. The SMILES string of the molecule is COc1ccc(NC(=O)C2CCCC(N)C2)c([N+](=O)[O-])c1. The van der Waals surface area contributed by atoms with Gasteiger partial charge in [0.1, 0.15) is 11.4 Å².